The van der Waals surface area contributed by atoms with E-state index in [-0.39, 0.29) is 5.41 Å². The summed E-state index contributed by atoms with van der Waals surface area (Å²) in [5.74, 6) is 1.79. The fourth-order valence-electron chi connectivity index (χ4n) is 9.80. The molecule has 64 heavy (non-hydrogen) atoms. The van der Waals surface area contributed by atoms with E-state index in [9.17, 15) is 0 Å². The number of rotatable bonds is 7. The van der Waals surface area contributed by atoms with Crippen molar-refractivity contribution in [1.29, 1.82) is 0 Å². The predicted molar refractivity (Wildman–Crippen MR) is 263 cm³/mol. The second-order valence-electron chi connectivity index (χ2n) is 17.2. The van der Waals surface area contributed by atoms with Crippen LogP contribution in [0.1, 0.15) is 25.0 Å². The van der Waals surface area contributed by atoms with Crippen LogP contribution in [0.15, 0.2) is 217 Å². The molecule has 0 atom stereocenters. The lowest BCUT2D eigenvalue weighted by molar-refractivity contribution is 0.662. The Hall–Kier alpha value is -8.21. The third-order valence-electron chi connectivity index (χ3n) is 13.0. The maximum atomic E-state index is 6.62. The van der Waals surface area contributed by atoms with Crippen molar-refractivity contribution in [2.75, 3.05) is 0 Å². The highest BCUT2D eigenvalue weighted by Gasteiger charge is 2.37. The Balaban J connectivity index is 0.970. The smallest absolute Gasteiger partial charge is 0.164 e. The minimum Gasteiger partial charge on any atom is -0.456 e. The molecule has 11 aromatic rings. The van der Waals surface area contributed by atoms with Crippen molar-refractivity contribution < 1.29 is 4.42 Å². The van der Waals surface area contributed by atoms with Gasteiger partial charge in [0.05, 0.1) is 0 Å². The number of hydrogen-bond acceptors (Lipinski definition) is 4. The van der Waals surface area contributed by atoms with Crippen LogP contribution in [0.5, 0.6) is 0 Å². The highest BCUT2D eigenvalue weighted by Crippen LogP contribution is 2.52. The fraction of sp³-hybridized carbons (Fsp3) is 0.0500. The van der Waals surface area contributed by atoms with Crippen molar-refractivity contribution in [3.05, 3.63) is 223 Å². The van der Waals surface area contributed by atoms with Gasteiger partial charge in [-0.05, 0) is 91.0 Å². The lowest BCUT2D eigenvalue weighted by Gasteiger charge is -2.24. The lowest BCUT2D eigenvalue weighted by atomic mass is 9.79. The summed E-state index contributed by atoms with van der Waals surface area (Å²) in [6, 6.07) is 74.9. The molecule has 1 aliphatic rings. The molecular formula is C60H41N3O. The Morgan fingerprint density at radius 3 is 1.50 bits per heavy atom. The normalized spacial score (nSPS) is 12.7. The minimum absolute atomic E-state index is 0.152. The first-order valence-electron chi connectivity index (χ1n) is 21.8. The molecule has 4 heteroatoms. The van der Waals surface area contributed by atoms with Crippen LogP contribution in [0.3, 0.4) is 0 Å². The molecule has 2 heterocycles. The lowest BCUT2D eigenvalue weighted by Crippen LogP contribution is -2.16. The molecular weight excluding hydrogens is 779 g/mol. The molecule has 2 aromatic heterocycles. The first-order valence-corrected chi connectivity index (χ1v) is 21.8. The number of furan rings is 1. The van der Waals surface area contributed by atoms with E-state index in [1.165, 1.54) is 38.9 Å². The van der Waals surface area contributed by atoms with Crippen molar-refractivity contribution in [1.82, 2.24) is 15.0 Å². The van der Waals surface area contributed by atoms with Gasteiger partial charge in [-0.15, -0.1) is 0 Å². The summed E-state index contributed by atoms with van der Waals surface area (Å²) < 4.78 is 6.62. The first kappa shape index (κ1) is 37.5. The van der Waals surface area contributed by atoms with Crippen molar-refractivity contribution in [3.63, 3.8) is 0 Å². The van der Waals surface area contributed by atoms with Gasteiger partial charge in [0, 0.05) is 32.9 Å². The average molecular weight is 820 g/mol. The largest absolute Gasteiger partial charge is 0.456 e. The maximum Gasteiger partial charge on any atom is 0.164 e. The first-order chi connectivity index (χ1) is 31.5. The second kappa shape index (κ2) is 15.0. The van der Waals surface area contributed by atoms with Gasteiger partial charge in [0.15, 0.2) is 17.5 Å². The van der Waals surface area contributed by atoms with Crippen molar-refractivity contribution in [3.8, 4) is 89.8 Å². The molecule has 0 saturated heterocycles. The molecule has 0 radical (unpaired) electrons. The minimum atomic E-state index is -0.152. The van der Waals surface area contributed by atoms with Gasteiger partial charge < -0.3 is 4.42 Å². The van der Waals surface area contributed by atoms with E-state index in [4.69, 9.17) is 19.4 Å². The molecule has 0 unspecified atom stereocenters. The van der Waals surface area contributed by atoms with Crippen LogP contribution < -0.4 is 0 Å². The number of benzene rings is 9. The van der Waals surface area contributed by atoms with Gasteiger partial charge in [-0.3, -0.25) is 0 Å². The number of fused-ring (bicyclic) bond motifs is 6. The standard InChI is InChI=1S/C60H41N3O/c1-60(2)52-24-10-9-20-49(52)50-23-12-22-48(56(50)60)44-18-11-19-45(36-44)58-61-57(43-32-28-41(29-33-43)39-16-7-4-8-17-39)62-59(63-58)46-34-35-51-54(37-46)64-53-25-13-21-47(55(51)53)42-30-26-40(27-31-42)38-14-5-3-6-15-38/h3-37H,1-2H3. The van der Waals surface area contributed by atoms with Crippen LogP contribution in [-0.4, -0.2) is 15.0 Å². The SMILES string of the molecule is CC1(C)c2ccccc2-c2cccc(-c3cccc(-c4nc(-c5ccc(-c6ccccc6)cc5)nc(-c5ccc6c(c5)oc5cccc(-c7ccc(-c8ccccc8)cc7)c56)n4)c3)c21. The second-order valence-corrected chi connectivity index (χ2v) is 17.2. The van der Waals surface area contributed by atoms with Crippen molar-refractivity contribution in [2.45, 2.75) is 19.3 Å². The molecule has 0 fully saturated rings. The van der Waals surface area contributed by atoms with Gasteiger partial charge in [-0.2, -0.15) is 0 Å². The third-order valence-corrected chi connectivity index (χ3v) is 13.0. The van der Waals surface area contributed by atoms with Crippen molar-refractivity contribution >= 4 is 21.9 Å². The van der Waals surface area contributed by atoms with Gasteiger partial charge in [0.2, 0.25) is 0 Å². The van der Waals surface area contributed by atoms with Gasteiger partial charge in [0.1, 0.15) is 11.2 Å². The summed E-state index contributed by atoms with van der Waals surface area (Å²) in [7, 11) is 0. The van der Waals surface area contributed by atoms with E-state index in [2.05, 4.69) is 208 Å². The van der Waals surface area contributed by atoms with Gasteiger partial charge in [0.25, 0.3) is 0 Å². The summed E-state index contributed by atoms with van der Waals surface area (Å²) in [6.07, 6.45) is 0. The van der Waals surface area contributed by atoms with E-state index in [1.807, 2.05) is 18.2 Å². The van der Waals surface area contributed by atoms with Crippen LogP contribution in [0.25, 0.3) is 112 Å². The summed E-state index contributed by atoms with van der Waals surface area (Å²) in [6.45, 7) is 4.67. The molecule has 0 saturated carbocycles. The molecule has 0 N–H and O–H groups in total. The number of aromatic nitrogens is 3. The molecule has 4 nitrogen and oxygen atoms in total. The van der Waals surface area contributed by atoms with Crippen molar-refractivity contribution in [2.24, 2.45) is 0 Å². The molecule has 12 rings (SSSR count). The quantitative estimate of drug-likeness (QED) is 0.161. The van der Waals surface area contributed by atoms with E-state index in [0.29, 0.717) is 17.5 Å². The summed E-state index contributed by atoms with van der Waals surface area (Å²) in [4.78, 5) is 15.6. The maximum absolute atomic E-state index is 6.62. The molecule has 0 aliphatic heterocycles. The summed E-state index contributed by atoms with van der Waals surface area (Å²) in [5, 5.41) is 2.13. The van der Waals surface area contributed by atoms with Gasteiger partial charge in [-0.1, -0.05) is 202 Å². The highest BCUT2D eigenvalue weighted by atomic mass is 16.3. The van der Waals surface area contributed by atoms with Crippen LogP contribution in [0, 0.1) is 0 Å². The number of hydrogen-bond donors (Lipinski definition) is 0. The topological polar surface area (TPSA) is 51.8 Å². The van der Waals surface area contributed by atoms with Crippen LogP contribution in [-0.2, 0) is 5.41 Å². The molecule has 302 valence electrons. The Labute approximate surface area is 372 Å². The third kappa shape index (κ3) is 6.34. The van der Waals surface area contributed by atoms with E-state index in [1.54, 1.807) is 0 Å². The Morgan fingerprint density at radius 2 is 0.797 bits per heavy atom. The Morgan fingerprint density at radius 1 is 0.328 bits per heavy atom. The highest BCUT2D eigenvalue weighted by molar-refractivity contribution is 6.13. The zero-order valence-corrected chi connectivity index (χ0v) is 35.5. The monoisotopic (exact) mass is 819 g/mol. The zero-order chi connectivity index (χ0) is 42.8. The number of nitrogens with zero attached hydrogens (tertiary/aromatic N) is 3. The molecule has 0 bridgehead atoms. The Kier molecular flexibility index (Phi) is 8.80. The Bertz CT molecular complexity index is 3550. The average Bonchev–Trinajstić information content (AvgIpc) is 3.86. The molecule has 1 aliphatic carbocycles. The predicted octanol–water partition coefficient (Wildman–Crippen LogP) is 15.7. The van der Waals surface area contributed by atoms with Crippen LogP contribution in [0.2, 0.25) is 0 Å². The zero-order valence-electron chi connectivity index (χ0n) is 35.5. The summed E-state index contributed by atoms with van der Waals surface area (Å²) >= 11 is 0. The molecule has 0 spiro atoms. The van der Waals surface area contributed by atoms with E-state index >= 15 is 0 Å². The van der Waals surface area contributed by atoms with Crippen LogP contribution >= 0.6 is 0 Å². The summed E-state index contributed by atoms with van der Waals surface area (Å²) in [5.41, 5.74) is 18.7. The van der Waals surface area contributed by atoms with Gasteiger partial charge in [-0.25, -0.2) is 15.0 Å². The van der Waals surface area contributed by atoms with Gasteiger partial charge >= 0.3 is 0 Å². The van der Waals surface area contributed by atoms with E-state index < -0.39 is 0 Å². The van der Waals surface area contributed by atoms with E-state index in [0.717, 1.165) is 66.4 Å². The fourth-order valence-corrected chi connectivity index (χ4v) is 9.80. The molecule has 0 amide bonds. The molecule has 9 aromatic carbocycles. The van der Waals surface area contributed by atoms with Crippen LogP contribution in [0.4, 0.5) is 0 Å².